The molecule has 4 heterocycles. The van der Waals surface area contributed by atoms with E-state index in [4.69, 9.17) is 9.15 Å². The summed E-state index contributed by atoms with van der Waals surface area (Å²) in [6, 6.07) is 8.16. The van der Waals surface area contributed by atoms with Crippen LogP contribution in [0.1, 0.15) is 31.0 Å². The molecule has 152 valence electrons. The second-order valence-electron chi connectivity index (χ2n) is 7.67. The lowest BCUT2D eigenvalue weighted by Gasteiger charge is -2.26. The van der Waals surface area contributed by atoms with Crippen molar-refractivity contribution in [1.29, 1.82) is 0 Å². The van der Waals surface area contributed by atoms with Crippen molar-refractivity contribution in [3.05, 3.63) is 36.2 Å². The zero-order valence-corrected chi connectivity index (χ0v) is 16.4. The summed E-state index contributed by atoms with van der Waals surface area (Å²) in [5, 5.41) is 8.33. The molecule has 0 aliphatic carbocycles. The molecule has 0 bridgehead atoms. The molecule has 2 aliphatic heterocycles. The minimum Gasteiger partial charge on any atom is -0.423 e. The van der Waals surface area contributed by atoms with Gasteiger partial charge in [0.15, 0.2) is 5.58 Å². The van der Waals surface area contributed by atoms with Gasteiger partial charge in [-0.15, -0.1) is 5.10 Å². The zero-order valence-electron chi connectivity index (χ0n) is 16.4. The van der Waals surface area contributed by atoms with Crippen LogP contribution in [0, 0.1) is 0 Å². The highest BCUT2D eigenvalue weighted by Gasteiger charge is 2.39. The lowest BCUT2D eigenvalue weighted by atomic mass is 10.2. The van der Waals surface area contributed by atoms with E-state index in [9.17, 15) is 4.79 Å². The van der Waals surface area contributed by atoms with Gasteiger partial charge in [0.05, 0.1) is 18.8 Å². The summed E-state index contributed by atoms with van der Waals surface area (Å²) in [6.07, 6.45) is 4.55. The number of methoxy groups -OCH3 is 1. The molecular formula is C20H24N6O3. The summed E-state index contributed by atoms with van der Waals surface area (Å²) in [4.78, 5) is 21.8. The number of hydrogen-bond acceptors (Lipinski definition) is 7. The molecule has 2 aromatic heterocycles. The Morgan fingerprint density at radius 3 is 3.03 bits per heavy atom. The number of amides is 1. The van der Waals surface area contributed by atoms with Crippen LogP contribution in [0.15, 0.2) is 34.9 Å². The predicted octanol–water partition coefficient (Wildman–Crippen LogP) is 2.01. The number of carbonyl (C=O) groups is 1. The number of oxazole rings is 1. The average Bonchev–Trinajstić information content (AvgIpc) is 3.52. The molecule has 0 radical (unpaired) electrons. The van der Waals surface area contributed by atoms with Crippen molar-refractivity contribution in [3.63, 3.8) is 0 Å². The Morgan fingerprint density at radius 1 is 1.28 bits per heavy atom. The molecule has 0 N–H and O–H groups in total. The fourth-order valence-electron chi connectivity index (χ4n) is 4.31. The van der Waals surface area contributed by atoms with Gasteiger partial charge >= 0.3 is 0 Å². The van der Waals surface area contributed by atoms with Gasteiger partial charge in [0.2, 0.25) is 5.91 Å². The summed E-state index contributed by atoms with van der Waals surface area (Å²) in [6.45, 7) is 2.59. The topological polar surface area (TPSA) is 89.5 Å². The molecule has 1 amide bonds. The molecule has 2 fully saturated rings. The van der Waals surface area contributed by atoms with E-state index in [1.165, 1.54) is 0 Å². The lowest BCUT2D eigenvalue weighted by molar-refractivity contribution is -0.131. The molecule has 1 aromatic carbocycles. The van der Waals surface area contributed by atoms with Crippen molar-refractivity contribution < 1.29 is 13.9 Å². The van der Waals surface area contributed by atoms with Crippen LogP contribution < -0.4 is 4.90 Å². The van der Waals surface area contributed by atoms with Gasteiger partial charge in [0, 0.05) is 26.7 Å². The van der Waals surface area contributed by atoms with Gasteiger partial charge in [-0.2, -0.15) is 4.98 Å². The number of para-hydroxylation sites is 2. The van der Waals surface area contributed by atoms with Crippen LogP contribution in [0.25, 0.3) is 11.1 Å². The molecule has 0 unspecified atom stereocenters. The molecule has 9 nitrogen and oxygen atoms in total. The first-order valence-corrected chi connectivity index (χ1v) is 10.0. The highest BCUT2D eigenvalue weighted by Crippen LogP contribution is 2.31. The summed E-state index contributed by atoms with van der Waals surface area (Å²) >= 11 is 0. The highest BCUT2D eigenvalue weighted by atomic mass is 16.5. The van der Waals surface area contributed by atoms with E-state index in [-0.39, 0.29) is 18.0 Å². The number of hydrogen-bond donors (Lipinski definition) is 0. The van der Waals surface area contributed by atoms with Gasteiger partial charge in [-0.1, -0.05) is 17.3 Å². The normalized spacial score (nSPS) is 22.1. The third-order valence-corrected chi connectivity index (χ3v) is 5.77. The molecule has 29 heavy (non-hydrogen) atoms. The maximum Gasteiger partial charge on any atom is 0.299 e. The van der Waals surface area contributed by atoms with Crippen LogP contribution in [-0.2, 0) is 16.1 Å². The van der Waals surface area contributed by atoms with Crippen molar-refractivity contribution in [2.45, 2.75) is 38.0 Å². The largest absolute Gasteiger partial charge is 0.423 e. The van der Waals surface area contributed by atoms with E-state index >= 15 is 0 Å². The maximum absolute atomic E-state index is 13.3. The Hall–Kier alpha value is -2.94. The van der Waals surface area contributed by atoms with E-state index < -0.39 is 0 Å². The molecule has 2 aliphatic rings. The minimum absolute atomic E-state index is 0.143. The molecule has 9 heteroatoms. The van der Waals surface area contributed by atoms with Crippen LogP contribution >= 0.6 is 0 Å². The molecule has 2 saturated heterocycles. The number of benzene rings is 1. The average molecular weight is 396 g/mol. The number of rotatable bonds is 5. The number of fused-ring (bicyclic) bond motifs is 1. The van der Waals surface area contributed by atoms with E-state index in [1.54, 1.807) is 7.11 Å². The van der Waals surface area contributed by atoms with E-state index in [1.807, 2.05) is 44.9 Å². The van der Waals surface area contributed by atoms with E-state index in [2.05, 4.69) is 15.3 Å². The summed E-state index contributed by atoms with van der Waals surface area (Å²) in [5.41, 5.74) is 2.37. The Labute approximate surface area is 168 Å². The van der Waals surface area contributed by atoms with Crippen LogP contribution in [0.4, 0.5) is 6.01 Å². The van der Waals surface area contributed by atoms with Crippen molar-refractivity contribution in [2.24, 2.45) is 0 Å². The van der Waals surface area contributed by atoms with Gasteiger partial charge in [-0.25, -0.2) is 4.68 Å². The fraction of sp³-hybridized carbons (Fsp3) is 0.500. The first-order valence-electron chi connectivity index (χ1n) is 10.0. The van der Waals surface area contributed by atoms with Gasteiger partial charge in [0.1, 0.15) is 17.3 Å². The number of carbonyl (C=O) groups excluding carboxylic acids is 1. The van der Waals surface area contributed by atoms with E-state index in [0.29, 0.717) is 19.2 Å². The fourth-order valence-corrected chi connectivity index (χ4v) is 4.31. The van der Waals surface area contributed by atoms with Crippen molar-refractivity contribution >= 4 is 23.0 Å². The van der Waals surface area contributed by atoms with Crippen molar-refractivity contribution in [1.82, 2.24) is 24.9 Å². The lowest BCUT2D eigenvalue weighted by Crippen LogP contribution is -2.45. The van der Waals surface area contributed by atoms with Crippen LogP contribution in [0.3, 0.4) is 0 Å². The number of anilines is 1. The standard InChI is InChI=1S/C20H24N6O3/c1-28-13-14-11-26(23-22-14)15-8-10-24(12-15)19(27)17-6-4-9-25(17)20-21-16-5-2-3-7-18(16)29-20/h2-3,5,7,11,15,17H,4,6,8-10,12-13H2,1H3/t15-,17+/m0/s1. The van der Waals surface area contributed by atoms with E-state index in [0.717, 1.165) is 49.1 Å². The van der Waals surface area contributed by atoms with Gasteiger partial charge in [-0.05, 0) is 31.4 Å². The minimum atomic E-state index is -0.221. The monoisotopic (exact) mass is 396 g/mol. The Kier molecular flexibility index (Phi) is 4.67. The summed E-state index contributed by atoms with van der Waals surface area (Å²) in [5.74, 6) is 0.143. The van der Waals surface area contributed by atoms with Crippen LogP contribution in [0.5, 0.6) is 0 Å². The number of likely N-dealkylation sites (tertiary alicyclic amines) is 1. The molecule has 0 spiro atoms. The SMILES string of the molecule is COCc1cn([C@H]2CCN(C(=O)[C@H]3CCCN3c3nc4ccccc4o3)C2)nn1. The summed E-state index contributed by atoms with van der Waals surface area (Å²) in [7, 11) is 1.64. The van der Waals surface area contributed by atoms with Gasteiger partial charge in [-0.3, -0.25) is 4.79 Å². The van der Waals surface area contributed by atoms with Crippen LogP contribution in [0.2, 0.25) is 0 Å². The third kappa shape index (κ3) is 3.35. The third-order valence-electron chi connectivity index (χ3n) is 5.77. The molecule has 2 atom stereocenters. The second kappa shape index (κ2) is 7.47. The smallest absolute Gasteiger partial charge is 0.299 e. The molecular weight excluding hydrogens is 372 g/mol. The first-order chi connectivity index (χ1) is 14.2. The second-order valence-corrected chi connectivity index (χ2v) is 7.67. The first kappa shape index (κ1) is 18.1. The number of nitrogens with zero attached hydrogens (tertiary/aromatic N) is 6. The highest BCUT2D eigenvalue weighted by molar-refractivity contribution is 5.86. The predicted molar refractivity (Wildman–Crippen MR) is 105 cm³/mol. The van der Waals surface area contributed by atoms with Crippen LogP contribution in [-0.4, -0.2) is 63.6 Å². The van der Waals surface area contributed by atoms with Crippen molar-refractivity contribution in [3.8, 4) is 0 Å². The maximum atomic E-state index is 13.3. The number of ether oxygens (including phenoxy) is 1. The molecule has 3 aromatic rings. The zero-order chi connectivity index (χ0) is 19.8. The Balaban J connectivity index is 1.29. The molecule has 0 saturated carbocycles. The molecule has 5 rings (SSSR count). The number of aromatic nitrogens is 4. The van der Waals surface area contributed by atoms with Gasteiger partial charge in [0.25, 0.3) is 6.01 Å². The quantitative estimate of drug-likeness (QED) is 0.652. The van der Waals surface area contributed by atoms with Gasteiger partial charge < -0.3 is 19.0 Å². The summed E-state index contributed by atoms with van der Waals surface area (Å²) < 4.78 is 12.9. The van der Waals surface area contributed by atoms with Crippen molar-refractivity contribution in [2.75, 3.05) is 31.6 Å². The Morgan fingerprint density at radius 2 is 2.17 bits per heavy atom. The Bertz CT molecular complexity index is 981.